The smallest absolute Gasteiger partial charge is 0.247 e. The van der Waals surface area contributed by atoms with Crippen molar-refractivity contribution in [3.05, 3.63) is 35.9 Å². The second-order valence-electron chi connectivity index (χ2n) is 12.8. The van der Waals surface area contributed by atoms with Crippen molar-refractivity contribution in [1.29, 1.82) is 0 Å². The van der Waals surface area contributed by atoms with Crippen molar-refractivity contribution in [3.63, 3.8) is 0 Å². The van der Waals surface area contributed by atoms with Crippen LogP contribution < -0.4 is 9.47 Å². The van der Waals surface area contributed by atoms with Crippen LogP contribution in [0, 0.1) is 17.8 Å². The van der Waals surface area contributed by atoms with Crippen LogP contribution in [0.2, 0.25) is 0 Å². The van der Waals surface area contributed by atoms with E-state index in [9.17, 15) is 9.59 Å². The van der Waals surface area contributed by atoms with Gasteiger partial charge in [0.1, 0.15) is 0 Å². The van der Waals surface area contributed by atoms with E-state index in [2.05, 4.69) is 36.0 Å². The van der Waals surface area contributed by atoms with Crippen molar-refractivity contribution in [2.75, 3.05) is 66.6 Å². The maximum Gasteiger partial charge on any atom is 0.247 e. The van der Waals surface area contributed by atoms with Gasteiger partial charge in [-0.3, -0.25) is 14.5 Å². The zero-order chi connectivity index (χ0) is 30.3. The third-order valence-electron chi connectivity index (χ3n) is 9.59. The Kier molecular flexibility index (Phi) is 10.8. The van der Waals surface area contributed by atoms with Gasteiger partial charge in [0.25, 0.3) is 0 Å². The molecule has 1 aromatic rings. The van der Waals surface area contributed by atoms with E-state index in [-0.39, 0.29) is 29.7 Å². The van der Waals surface area contributed by atoms with Crippen molar-refractivity contribution >= 4 is 17.5 Å². The highest BCUT2D eigenvalue weighted by Gasteiger charge is 2.43. The summed E-state index contributed by atoms with van der Waals surface area (Å²) in [5, 5.41) is 6.84. The molecule has 9 nitrogen and oxygen atoms in total. The Hall–Kier alpha value is -2.91. The minimum atomic E-state index is -0.111. The number of carbonyl (C=O) groups excluding carboxylic acids is 2. The molecule has 1 aliphatic carbocycles. The molecule has 9 heteroatoms. The number of hydrazone groups is 1. The molecule has 3 aliphatic heterocycles. The van der Waals surface area contributed by atoms with Crippen molar-refractivity contribution < 1.29 is 19.1 Å². The van der Waals surface area contributed by atoms with Crippen LogP contribution in [0.1, 0.15) is 64.4 Å². The molecule has 0 bridgehead atoms. The number of allylic oxidation sites excluding steroid dienone is 2. The van der Waals surface area contributed by atoms with Gasteiger partial charge in [-0.05, 0) is 117 Å². The highest BCUT2D eigenvalue weighted by molar-refractivity contribution is 6.07. The highest BCUT2D eigenvalue weighted by Crippen LogP contribution is 2.38. The molecule has 0 radical (unpaired) electrons. The monoisotopic (exact) mass is 593 g/mol. The maximum atomic E-state index is 13.8. The van der Waals surface area contributed by atoms with E-state index in [0.29, 0.717) is 38.6 Å². The Bertz CT molecular complexity index is 1170. The highest BCUT2D eigenvalue weighted by atomic mass is 16.5. The Morgan fingerprint density at radius 2 is 1.60 bits per heavy atom. The van der Waals surface area contributed by atoms with E-state index in [1.54, 1.807) is 5.01 Å². The third kappa shape index (κ3) is 7.60. The van der Waals surface area contributed by atoms with Crippen LogP contribution in [0.4, 0.5) is 0 Å². The first-order valence-electron chi connectivity index (χ1n) is 16.5. The molecule has 2 saturated heterocycles. The molecule has 43 heavy (non-hydrogen) atoms. The fraction of sp³-hybridized carbons (Fsp3) is 0.676. The van der Waals surface area contributed by atoms with E-state index < -0.39 is 0 Å². The Morgan fingerprint density at radius 1 is 0.930 bits per heavy atom. The molecule has 1 aromatic carbocycles. The van der Waals surface area contributed by atoms with E-state index >= 15 is 0 Å². The fourth-order valence-electron chi connectivity index (χ4n) is 7.07. The number of benzene rings is 1. The van der Waals surface area contributed by atoms with Gasteiger partial charge in [0.2, 0.25) is 11.8 Å². The van der Waals surface area contributed by atoms with E-state index in [1.165, 1.54) is 19.3 Å². The number of carbonyl (C=O) groups is 2. The molecule has 2 fully saturated rings. The molecule has 236 valence electrons. The lowest BCUT2D eigenvalue weighted by Crippen LogP contribution is -2.53. The van der Waals surface area contributed by atoms with Gasteiger partial charge < -0.3 is 19.3 Å². The number of hydrogen-bond donors (Lipinski definition) is 0. The van der Waals surface area contributed by atoms with Gasteiger partial charge in [0.05, 0.1) is 37.4 Å². The SMILES string of the molecule is CCOc1ccc(C2=NN(C3CCN(C(=O)CN4CCC(CCN(C)C)CC4)CC3)C(=O)[C@@H]3CC=CC[C@H]23)cc1OCC. The van der Waals surface area contributed by atoms with Crippen LogP contribution in [0.3, 0.4) is 0 Å². The summed E-state index contributed by atoms with van der Waals surface area (Å²) in [5.74, 6) is 2.48. The van der Waals surface area contributed by atoms with Crippen LogP contribution in [0.25, 0.3) is 0 Å². The van der Waals surface area contributed by atoms with Crippen LogP contribution in [0.5, 0.6) is 11.5 Å². The molecule has 2 atom stereocenters. The minimum absolute atomic E-state index is 0.0000851. The number of ether oxygens (including phenoxy) is 2. The first-order valence-corrected chi connectivity index (χ1v) is 16.5. The van der Waals surface area contributed by atoms with Gasteiger partial charge in [-0.1, -0.05) is 12.2 Å². The lowest BCUT2D eigenvalue weighted by molar-refractivity contribution is -0.142. The van der Waals surface area contributed by atoms with Crippen molar-refractivity contribution in [3.8, 4) is 11.5 Å². The van der Waals surface area contributed by atoms with Crippen LogP contribution in [0.15, 0.2) is 35.5 Å². The summed E-state index contributed by atoms with van der Waals surface area (Å²) in [7, 11) is 4.27. The molecule has 3 heterocycles. The summed E-state index contributed by atoms with van der Waals surface area (Å²) >= 11 is 0. The minimum Gasteiger partial charge on any atom is -0.490 e. The molecule has 5 rings (SSSR count). The molecular formula is C34H51N5O4. The summed E-state index contributed by atoms with van der Waals surface area (Å²) < 4.78 is 11.7. The normalized spacial score (nSPS) is 23.8. The average Bonchev–Trinajstić information content (AvgIpc) is 3.02. The molecule has 2 amide bonds. The molecule has 4 aliphatic rings. The topological polar surface area (TPSA) is 77.9 Å². The second kappa shape index (κ2) is 14.7. The quantitative estimate of drug-likeness (QED) is 0.357. The Morgan fingerprint density at radius 3 is 2.28 bits per heavy atom. The summed E-state index contributed by atoms with van der Waals surface area (Å²) in [5.41, 5.74) is 1.93. The van der Waals surface area contributed by atoms with Gasteiger partial charge >= 0.3 is 0 Å². The largest absolute Gasteiger partial charge is 0.490 e. The van der Waals surface area contributed by atoms with Gasteiger partial charge in [0.15, 0.2) is 11.5 Å². The average molecular weight is 594 g/mol. The number of fused-ring (bicyclic) bond motifs is 1. The molecule has 0 spiro atoms. The molecule has 0 saturated carbocycles. The maximum absolute atomic E-state index is 13.8. The third-order valence-corrected chi connectivity index (χ3v) is 9.59. The van der Waals surface area contributed by atoms with Gasteiger partial charge in [-0.2, -0.15) is 5.10 Å². The molecule has 0 N–H and O–H groups in total. The first-order chi connectivity index (χ1) is 20.9. The molecule has 0 aromatic heterocycles. The number of rotatable bonds is 11. The molecular weight excluding hydrogens is 542 g/mol. The predicted octanol–water partition coefficient (Wildman–Crippen LogP) is 4.27. The van der Waals surface area contributed by atoms with Crippen molar-refractivity contribution in [2.45, 2.75) is 64.8 Å². The Balaban J connectivity index is 1.23. The lowest BCUT2D eigenvalue weighted by atomic mass is 9.76. The van der Waals surface area contributed by atoms with E-state index in [4.69, 9.17) is 14.6 Å². The van der Waals surface area contributed by atoms with Crippen LogP contribution in [-0.2, 0) is 9.59 Å². The van der Waals surface area contributed by atoms with Crippen molar-refractivity contribution in [1.82, 2.24) is 19.7 Å². The summed E-state index contributed by atoms with van der Waals surface area (Å²) in [4.78, 5) is 33.6. The van der Waals surface area contributed by atoms with E-state index in [1.807, 2.05) is 36.9 Å². The zero-order valence-electron chi connectivity index (χ0n) is 26.7. The summed E-state index contributed by atoms with van der Waals surface area (Å²) in [6, 6.07) is 6.02. The van der Waals surface area contributed by atoms with Gasteiger partial charge in [-0.25, -0.2) is 5.01 Å². The van der Waals surface area contributed by atoms with Gasteiger partial charge in [-0.15, -0.1) is 0 Å². The predicted molar refractivity (Wildman–Crippen MR) is 169 cm³/mol. The zero-order valence-corrected chi connectivity index (χ0v) is 26.7. The number of hydrogen-bond acceptors (Lipinski definition) is 7. The number of piperidine rings is 2. The Labute approximate surface area is 257 Å². The molecule has 0 unspecified atom stereocenters. The van der Waals surface area contributed by atoms with Crippen molar-refractivity contribution in [2.24, 2.45) is 22.9 Å². The summed E-state index contributed by atoms with van der Waals surface area (Å²) in [6.45, 7) is 10.0. The number of likely N-dealkylation sites (tertiary alicyclic amines) is 2. The van der Waals surface area contributed by atoms with E-state index in [0.717, 1.165) is 68.3 Å². The summed E-state index contributed by atoms with van der Waals surface area (Å²) in [6.07, 6.45) is 11.0. The standard InChI is InChI=1S/C34H51N5O4/c1-5-42-30-12-11-26(23-31(30)43-6-2)33-28-9-7-8-10-29(28)34(41)39(35-33)27-16-21-38(22-17-27)32(40)24-37-19-14-25(15-20-37)13-18-36(3)4/h7-8,11-12,23,25,27-29H,5-6,9-10,13-22,24H2,1-4H3/t28-,29+/m0/s1. The number of nitrogens with zero attached hydrogens (tertiary/aromatic N) is 5. The van der Waals surface area contributed by atoms with Crippen LogP contribution >= 0.6 is 0 Å². The lowest BCUT2D eigenvalue weighted by Gasteiger charge is -2.43. The van der Waals surface area contributed by atoms with Gasteiger partial charge in [0, 0.05) is 24.6 Å². The van der Waals surface area contributed by atoms with Crippen LogP contribution in [-0.4, -0.2) is 110 Å². The second-order valence-corrected chi connectivity index (χ2v) is 12.8. The number of amides is 2. The first kappa shape index (κ1) is 31.5. The fourth-order valence-corrected chi connectivity index (χ4v) is 7.07.